The molecule has 7 N–H and O–H groups in total. The molecule has 204 valence electrons. The first-order valence-electron chi connectivity index (χ1n) is 10.7. The monoisotopic (exact) mass is 550 g/mol. The van der Waals surface area contributed by atoms with Crippen molar-refractivity contribution >= 4 is 7.82 Å². The highest BCUT2D eigenvalue weighted by molar-refractivity contribution is 7.47. The van der Waals surface area contributed by atoms with Gasteiger partial charge >= 0.3 is 19.2 Å². The molecule has 2 aliphatic rings. The van der Waals surface area contributed by atoms with E-state index in [-0.39, 0.29) is 0 Å². The van der Waals surface area contributed by atoms with Gasteiger partial charge in [-0.1, -0.05) is 0 Å². The molecule has 2 fully saturated rings. The van der Waals surface area contributed by atoms with E-state index >= 15 is 0 Å². The molecule has 0 bridgehead atoms. The van der Waals surface area contributed by atoms with Crippen molar-refractivity contribution in [1.82, 2.24) is 19.1 Å². The number of phosphoric acid groups is 1. The smallest absolute Gasteiger partial charge is 0.394 e. The second-order valence-electron chi connectivity index (χ2n) is 8.15. The third-order valence-electron chi connectivity index (χ3n) is 5.73. The normalized spacial score (nSPS) is 33.4. The number of hydrogen-bond donors (Lipinski definition) is 7. The van der Waals surface area contributed by atoms with E-state index in [9.17, 15) is 49.1 Å². The zero-order valence-corrected chi connectivity index (χ0v) is 19.5. The van der Waals surface area contributed by atoms with E-state index in [0.717, 1.165) is 33.7 Å². The van der Waals surface area contributed by atoms with E-state index in [1.54, 1.807) is 0 Å². The molecule has 18 nitrogen and oxygen atoms in total. The van der Waals surface area contributed by atoms with E-state index in [2.05, 4.69) is 0 Å². The number of H-pyrrole nitrogens is 2. The minimum Gasteiger partial charge on any atom is -0.394 e. The molecule has 2 aromatic rings. The van der Waals surface area contributed by atoms with Crippen LogP contribution in [0.4, 0.5) is 0 Å². The summed E-state index contributed by atoms with van der Waals surface area (Å²) in [6, 6.07) is 1.94. The number of aliphatic hydroxyl groups excluding tert-OH is 4. The average molecular weight is 550 g/mol. The highest BCUT2D eigenvalue weighted by Gasteiger charge is 2.50. The molecule has 37 heavy (non-hydrogen) atoms. The second-order valence-corrected chi connectivity index (χ2v) is 9.56. The molecule has 9 atom stereocenters. The number of ether oxygens (including phenoxy) is 2. The molecule has 0 aromatic carbocycles. The van der Waals surface area contributed by atoms with Crippen molar-refractivity contribution in [2.24, 2.45) is 0 Å². The number of phosphoric ester groups is 1. The number of rotatable bonds is 8. The topological polar surface area (TPSA) is 265 Å². The SMILES string of the molecule is O=c1ccn([C@@H]2O[C@H](COP(=O)(O)O[C@H]3[C@@H](O)[C@@H](n4ccc(=O)[nH]c4=O)O[C@H]3CO)[C@@H](O)[C@@H]2O)c(=O)[nH]1. The van der Waals surface area contributed by atoms with Crippen molar-refractivity contribution in [3.63, 3.8) is 0 Å². The maximum absolute atomic E-state index is 12.6. The van der Waals surface area contributed by atoms with Crippen molar-refractivity contribution in [3.8, 4) is 0 Å². The Hall–Kier alpha value is -2.77. The Morgan fingerprint density at radius 3 is 1.89 bits per heavy atom. The number of nitrogens with one attached hydrogen (secondary N) is 2. The number of aliphatic hydroxyl groups is 4. The van der Waals surface area contributed by atoms with Crippen LogP contribution < -0.4 is 22.5 Å². The second kappa shape index (κ2) is 10.5. The summed E-state index contributed by atoms with van der Waals surface area (Å²) in [7, 11) is -5.06. The third kappa shape index (κ3) is 5.58. The zero-order valence-electron chi connectivity index (χ0n) is 18.6. The van der Waals surface area contributed by atoms with Crippen molar-refractivity contribution in [3.05, 3.63) is 66.2 Å². The molecule has 4 heterocycles. The summed E-state index contributed by atoms with van der Waals surface area (Å²) in [6.45, 7) is -1.64. The fraction of sp³-hybridized carbons (Fsp3) is 0.556. The highest BCUT2D eigenvalue weighted by atomic mass is 31.2. The van der Waals surface area contributed by atoms with Crippen LogP contribution >= 0.6 is 7.82 Å². The van der Waals surface area contributed by atoms with Crippen LogP contribution in [0.3, 0.4) is 0 Å². The van der Waals surface area contributed by atoms with Gasteiger partial charge in [0, 0.05) is 24.5 Å². The van der Waals surface area contributed by atoms with Gasteiger partial charge in [0.05, 0.1) is 13.2 Å². The molecule has 0 amide bonds. The van der Waals surface area contributed by atoms with Gasteiger partial charge in [-0.25, -0.2) is 14.2 Å². The zero-order chi connectivity index (χ0) is 27.1. The lowest BCUT2D eigenvalue weighted by atomic mass is 10.1. The molecule has 4 rings (SSSR count). The van der Waals surface area contributed by atoms with Crippen LogP contribution in [0.2, 0.25) is 0 Å². The Morgan fingerprint density at radius 2 is 1.38 bits per heavy atom. The van der Waals surface area contributed by atoms with Gasteiger partial charge in [-0.05, 0) is 0 Å². The quantitative estimate of drug-likeness (QED) is 0.153. The predicted octanol–water partition coefficient (Wildman–Crippen LogP) is -4.54. The minimum atomic E-state index is -5.06. The van der Waals surface area contributed by atoms with Crippen LogP contribution in [0.15, 0.2) is 43.7 Å². The van der Waals surface area contributed by atoms with Crippen LogP contribution in [0.1, 0.15) is 12.5 Å². The molecule has 2 aromatic heterocycles. The standard InChI is InChI=1S/C18H23N4O14P/c23-5-7-14(13(28)16(34-7)22-4-2-10(25)20-18(22)30)36-37(31,32)33-6-8-11(26)12(27)15(35-8)21-3-1-9(24)19-17(21)29/h1-4,7-8,11-16,23,26-28H,5-6H2,(H,31,32)(H,19,24,29)(H,20,25,30)/t7-,8+,11+,12-,13+,14+,15+,16-/m0/s1. The van der Waals surface area contributed by atoms with Crippen LogP contribution in [0.25, 0.3) is 0 Å². The number of aromatic nitrogens is 4. The summed E-state index contributed by atoms with van der Waals surface area (Å²) in [4.78, 5) is 60.5. The van der Waals surface area contributed by atoms with Gasteiger partial charge in [0.2, 0.25) is 0 Å². The molecule has 0 aliphatic carbocycles. The predicted molar refractivity (Wildman–Crippen MR) is 116 cm³/mol. The van der Waals surface area contributed by atoms with Gasteiger partial charge in [-0.3, -0.25) is 37.7 Å². The first kappa shape index (κ1) is 27.3. The largest absolute Gasteiger partial charge is 0.472 e. The summed E-state index contributed by atoms with van der Waals surface area (Å²) in [5, 5.41) is 40.6. The van der Waals surface area contributed by atoms with Crippen LogP contribution in [0.5, 0.6) is 0 Å². The summed E-state index contributed by atoms with van der Waals surface area (Å²) >= 11 is 0. The van der Waals surface area contributed by atoms with Crippen molar-refractivity contribution in [1.29, 1.82) is 0 Å². The molecule has 1 unspecified atom stereocenters. The maximum atomic E-state index is 12.6. The Bertz CT molecular complexity index is 1400. The fourth-order valence-electron chi connectivity index (χ4n) is 3.93. The lowest BCUT2D eigenvalue weighted by Gasteiger charge is -2.23. The first-order valence-corrected chi connectivity index (χ1v) is 12.2. The Balaban J connectivity index is 1.43. The van der Waals surface area contributed by atoms with E-state index in [1.807, 2.05) is 9.97 Å². The summed E-state index contributed by atoms with van der Waals surface area (Å²) < 4.78 is 34.7. The van der Waals surface area contributed by atoms with Gasteiger partial charge < -0.3 is 34.8 Å². The van der Waals surface area contributed by atoms with Crippen LogP contribution in [0, 0.1) is 0 Å². The molecule has 2 saturated heterocycles. The van der Waals surface area contributed by atoms with Crippen molar-refractivity contribution < 1.29 is 48.4 Å². The van der Waals surface area contributed by atoms with E-state index in [0.29, 0.717) is 0 Å². The van der Waals surface area contributed by atoms with E-state index < -0.39 is 92.6 Å². The molecule has 0 spiro atoms. The maximum Gasteiger partial charge on any atom is 0.472 e. The summed E-state index contributed by atoms with van der Waals surface area (Å²) in [6.07, 6.45) is -10.6. The molecule has 19 heteroatoms. The fourth-order valence-corrected chi connectivity index (χ4v) is 4.89. The Labute approximate surface area is 204 Å². The van der Waals surface area contributed by atoms with E-state index in [4.69, 9.17) is 18.5 Å². The minimum absolute atomic E-state index is 0.709. The summed E-state index contributed by atoms with van der Waals surface area (Å²) in [5.74, 6) is 0. The highest BCUT2D eigenvalue weighted by Crippen LogP contribution is 2.49. The molecule has 0 radical (unpaired) electrons. The molecule has 0 saturated carbocycles. The number of aromatic amines is 2. The van der Waals surface area contributed by atoms with Crippen LogP contribution in [-0.2, 0) is 23.1 Å². The average Bonchev–Trinajstić information content (AvgIpc) is 3.28. The summed E-state index contributed by atoms with van der Waals surface area (Å²) in [5.41, 5.74) is -3.33. The molecular formula is C18H23N4O14P. The first-order chi connectivity index (χ1) is 17.4. The van der Waals surface area contributed by atoms with Gasteiger partial charge in [0.25, 0.3) is 11.1 Å². The van der Waals surface area contributed by atoms with E-state index in [1.165, 1.54) is 0 Å². The molecular weight excluding hydrogens is 527 g/mol. The lowest BCUT2D eigenvalue weighted by Crippen LogP contribution is -2.39. The molecule has 2 aliphatic heterocycles. The lowest BCUT2D eigenvalue weighted by molar-refractivity contribution is -0.0615. The third-order valence-corrected chi connectivity index (χ3v) is 6.72. The van der Waals surface area contributed by atoms with Crippen molar-refractivity contribution in [2.75, 3.05) is 13.2 Å². The number of nitrogens with zero attached hydrogens (tertiary/aromatic N) is 2. The van der Waals surface area contributed by atoms with Gasteiger partial charge in [0.1, 0.15) is 36.6 Å². The number of hydrogen-bond acceptors (Lipinski definition) is 13. The van der Waals surface area contributed by atoms with Gasteiger partial charge in [0.15, 0.2) is 12.5 Å². The van der Waals surface area contributed by atoms with Gasteiger partial charge in [-0.2, -0.15) is 0 Å². The van der Waals surface area contributed by atoms with Gasteiger partial charge in [-0.15, -0.1) is 0 Å². The Kier molecular flexibility index (Phi) is 7.77. The Morgan fingerprint density at radius 1 is 0.865 bits per heavy atom. The van der Waals surface area contributed by atoms with Crippen molar-refractivity contribution in [2.45, 2.75) is 49.1 Å². The van der Waals surface area contributed by atoms with Crippen LogP contribution in [-0.4, -0.2) is 94.3 Å².